The van der Waals surface area contributed by atoms with Gasteiger partial charge in [0.2, 0.25) is 0 Å². The lowest BCUT2D eigenvalue weighted by molar-refractivity contribution is 0.673. The summed E-state index contributed by atoms with van der Waals surface area (Å²) in [6, 6.07) is 42.5. The molecule has 0 saturated heterocycles. The van der Waals surface area contributed by atoms with E-state index in [0.29, 0.717) is 16.8 Å². The molecule has 6 aromatic carbocycles. The van der Waals surface area contributed by atoms with E-state index in [1.165, 1.54) is 0 Å². The molecule has 0 amide bonds. The van der Waals surface area contributed by atoms with Crippen molar-refractivity contribution in [3.8, 4) is 23.5 Å². The zero-order chi connectivity index (χ0) is 30.2. The normalized spacial score (nSPS) is 11.5. The summed E-state index contributed by atoms with van der Waals surface area (Å²) in [6.45, 7) is 7.48. The minimum absolute atomic E-state index is 0.574. The van der Waals surface area contributed by atoms with Gasteiger partial charge < -0.3 is 13.6 Å². The fraction of sp³-hybridized carbons (Fsp3) is 0. The Morgan fingerprint density at radius 2 is 1.20 bits per heavy atom. The Morgan fingerprint density at radius 3 is 1.89 bits per heavy atom. The van der Waals surface area contributed by atoms with Gasteiger partial charge in [0.15, 0.2) is 5.69 Å². The minimum Gasteiger partial charge on any atom is -0.455 e. The molecule has 0 atom stereocenters. The molecule has 3 heterocycles. The second-order valence-electron chi connectivity index (χ2n) is 11.1. The number of fused-ring (bicyclic) bond motifs is 10. The number of benzene rings is 6. The Morgan fingerprint density at radius 1 is 0.556 bits per heavy atom. The second kappa shape index (κ2) is 9.09. The first kappa shape index (κ1) is 24.8. The molecule has 0 unspecified atom stereocenters. The molecule has 45 heavy (non-hydrogen) atoms. The maximum Gasteiger partial charge on any atom is 0.188 e. The van der Waals surface area contributed by atoms with Crippen molar-refractivity contribution in [3.05, 3.63) is 138 Å². The van der Waals surface area contributed by atoms with Crippen LogP contribution in [0.2, 0.25) is 0 Å². The van der Waals surface area contributed by atoms with Crippen LogP contribution in [0.5, 0.6) is 0 Å². The topological polar surface area (TPSA) is 74.9 Å². The fourth-order valence-corrected chi connectivity index (χ4v) is 6.83. The zero-order valence-electron chi connectivity index (χ0n) is 23.6. The minimum atomic E-state index is 0.574. The Kier molecular flexibility index (Phi) is 5.00. The van der Waals surface area contributed by atoms with Crippen LogP contribution in [-0.4, -0.2) is 9.13 Å². The smallest absolute Gasteiger partial charge is 0.188 e. The molecule has 206 valence electrons. The van der Waals surface area contributed by atoms with E-state index in [2.05, 4.69) is 74.6 Å². The zero-order valence-corrected chi connectivity index (χ0v) is 23.6. The Labute approximate surface area is 256 Å². The van der Waals surface area contributed by atoms with Gasteiger partial charge in [-0.25, -0.2) is 4.85 Å². The van der Waals surface area contributed by atoms with Gasteiger partial charge >= 0.3 is 0 Å². The number of rotatable bonds is 2. The molecule has 9 rings (SSSR count). The molecule has 0 bridgehead atoms. The molecule has 0 aliphatic carbocycles. The van der Waals surface area contributed by atoms with E-state index in [-0.39, 0.29) is 0 Å². The van der Waals surface area contributed by atoms with Crippen molar-refractivity contribution in [1.82, 2.24) is 9.13 Å². The van der Waals surface area contributed by atoms with Crippen LogP contribution in [0.25, 0.3) is 81.8 Å². The number of para-hydroxylation sites is 1. The van der Waals surface area contributed by atoms with E-state index >= 15 is 0 Å². The third kappa shape index (κ3) is 3.41. The number of furan rings is 1. The van der Waals surface area contributed by atoms with E-state index in [1.54, 1.807) is 6.07 Å². The third-order valence-electron chi connectivity index (χ3n) is 8.75. The molecule has 3 aromatic heterocycles. The molecule has 0 radical (unpaired) electrons. The Bertz CT molecular complexity index is 2790. The third-order valence-corrected chi connectivity index (χ3v) is 8.75. The van der Waals surface area contributed by atoms with E-state index in [9.17, 15) is 10.5 Å². The average molecular weight is 574 g/mol. The van der Waals surface area contributed by atoms with Crippen molar-refractivity contribution in [2.24, 2.45) is 0 Å². The van der Waals surface area contributed by atoms with Crippen LogP contribution in [0, 0.1) is 29.2 Å². The van der Waals surface area contributed by atoms with Gasteiger partial charge in [-0.1, -0.05) is 30.3 Å². The Hall–Kier alpha value is -6.81. The summed E-state index contributed by atoms with van der Waals surface area (Å²) < 4.78 is 10.9. The van der Waals surface area contributed by atoms with Crippen molar-refractivity contribution in [3.63, 3.8) is 0 Å². The molecule has 0 saturated carbocycles. The maximum atomic E-state index is 9.61. The van der Waals surface area contributed by atoms with Gasteiger partial charge in [0.1, 0.15) is 11.2 Å². The van der Waals surface area contributed by atoms with Crippen LogP contribution in [-0.2, 0) is 0 Å². The van der Waals surface area contributed by atoms with E-state index < -0.39 is 0 Å². The number of hydrogen-bond acceptors (Lipinski definition) is 3. The van der Waals surface area contributed by atoms with E-state index in [0.717, 1.165) is 76.9 Å². The summed E-state index contributed by atoms with van der Waals surface area (Å²) in [6.07, 6.45) is 0. The summed E-state index contributed by atoms with van der Waals surface area (Å²) in [5.41, 5.74) is 9.24. The largest absolute Gasteiger partial charge is 0.455 e. The van der Waals surface area contributed by atoms with E-state index in [1.807, 2.05) is 60.7 Å². The van der Waals surface area contributed by atoms with Gasteiger partial charge in [0, 0.05) is 38.3 Å². The standard InChI is InChI=1S/C39H19N5O/c1-42-25-11-16-37-32(19-25)28-12-15-36-38(39(28)45-37)29-7-2-3-8-33(29)44(36)27-6-4-5-26(20-27)43-34-13-9-23(21-40)17-30(34)31-18-24(22-41)10-14-35(31)43/h2-20H. The highest BCUT2D eigenvalue weighted by atomic mass is 16.3. The van der Waals surface area contributed by atoms with Crippen LogP contribution < -0.4 is 0 Å². The van der Waals surface area contributed by atoms with Crippen LogP contribution in [0.3, 0.4) is 0 Å². The van der Waals surface area contributed by atoms with Gasteiger partial charge in [0.05, 0.1) is 57.3 Å². The quantitative estimate of drug-likeness (QED) is 0.193. The monoisotopic (exact) mass is 573 g/mol. The average Bonchev–Trinajstić information content (AvgIpc) is 3.74. The predicted molar refractivity (Wildman–Crippen MR) is 178 cm³/mol. The first-order valence-corrected chi connectivity index (χ1v) is 14.4. The van der Waals surface area contributed by atoms with Crippen LogP contribution >= 0.6 is 0 Å². The molecule has 0 N–H and O–H groups in total. The predicted octanol–water partition coefficient (Wildman–Crippen LogP) is 10.1. The molecular weight excluding hydrogens is 554 g/mol. The first-order valence-electron chi connectivity index (χ1n) is 14.4. The highest BCUT2D eigenvalue weighted by Gasteiger charge is 2.20. The van der Waals surface area contributed by atoms with Crippen LogP contribution in [0.15, 0.2) is 120 Å². The highest BCUT2D eigenvalue weighted by molar-refractivity contribution is 6.24. The summed E-state index contributed by atoms with van der Waals surface area (Å²) in [4.78, 5) is 3.62. The number of nitrogens with zero attached hydrogens (tertiary/aromatic N) is 5. The second-order valence-corrected chi connectivity index (χ2v) is 11.1. The van der Waals surface area contributed by atoms with Gasteiger partial charge in [0.25, 0.3) is 0 Å². The number of aromatic nitrogens is 2. The molecule has 0 aliphatic heterocycles. The summed E-state index contributed by atoms with van der Waals surface area (Å²) in [7, 11) is 0. The fourth-order valence-electron chi connectivity index (χ4n) is 6.83. The summed E-state index contributed by atoms with van der Waals surface area (Å²) in [5.74, 6) is 0. The summed E-state index contributed by atoms with van der Waals surface area (Å²) >= 11 is 0. The number of nitriles is 2. The Balaban J connectivity index is 1.33. The van der Waals surface area contributed by atoms with E-state index in [4.69, 9.17) is 11.0 Å². The van der Waals surface area contributed by atoms with Gasteiger partial charge in [-0.15, -0.1) is 0 Å². The van der Waals surface area contributed by atoms with Crippen LogP contribution in [0.4, 0.5) is 5.69 Å². The van der Waals surface area contributed by atoms with Gasteiger partial charge in [-0.3, -0.25) is 0 Å². The molecule has 0 aliphatic rings. The lowest BCUT2D eigenvalue weighted by Gasteiger charge is -2.13. The number of hydrogen-bond donors (Lipinski definition) is 0. The maximum absolute atomic E-state index is 9.61. The molecule has 6 heteroatoms. The van der Waals surface area contributed by atoms with Crippen LogP contribution in [0.1, 0.15) is 11.1 Å². The molecule has 9 aromatic rings. The lowest BCUT2D eigenvalue weighted by atomic mass is 10.1. The molecular formula is C39H19N5O. The lowest BCUT2D eigenvalue weighted by Crippen LogP contribution is -1.98. The van der Waals surface area contributed by atoms with Crippen molar-refractivity contribution in [1.29, 1.82) is 10.5 Å². The van der Waals surface area contributed by atoms with Gasteiger partial charge in [-0.2, -0.15) is 10.5 Å². The first-order chi connectivity index (χ1) is 22.2. The molecule has 0 fully saturated rings. The van der Waals surface area contributed by atoms with Crippen molar-refractivity contribution >= 4 is 71.2 Å². The highest BCUT2D eigenvalue weighted by Crippen LogP contribution is 2.42. The van der Waals surface area contributed by atoms with Crippen molar-refractivity contribution < 1.29 is 4.42 Å². The molecule has 0 spiro atoms. The van der Waals surface area contributed by atoms with Gasteiger partial charge in [-0.05, 0) is 84.9 Å². The van der Waals surface area contributed by atoms with Crippen molar-refractivity contribution in [2.75, 3.05) is 0 Å². The molecule has 6 nitrogen and oxygen atoms in total. The SMILES string of the molecule is [C-]#[N+]c1ccc2oc3c(ccc4c3c3ccccc3n4-c3cccc(-n4c5ccc(C#N)cc5c5cc(C#N)ccc54)c3)c2c1. The van der Waals surface area contributed by atoms with Crippen molar-refractivity contribution in [2.45, 2.75) is 0 Å². The summed E-state index contributed by atoms with van der Waals surface area (Å²) in [5, 5.41) is 25.1.